The molecule has 4 heteroatoms. The molecule has 0 N–H and O–H groups in total. The van der Waals surface area contributed by atoms with Gasteiger partial charge in [0.25, 0.3) is 4.45 Å². The van der Waals surface area contributed by atoms with Crippen molar-refractivity contribution in [3.05, 3.63) is 24.0 Å². The lowest BCUT2D eigenvalue weighted by Crippen LogP contribution is -2.25. The van der Waals surface area contributed by atoms with Gasteiger partial charge in [0.2, 0.25) is 0 Å². The minimum atomic E-state index is -1.28. The van der Waals surface area contributed by atoms with E-state index in [1.807, 2.05) is 0 Å². The monoisotopic (exact) mass is 179 g/mol. The number of hydrogen-bond donors (Lipinski definition) is 0. The Kier molecular flexibility index (Phi) is 2.40. The topological polar surface area (TPSA) is 43.1 Å². The van der Waals surface area contributed by atoms with Crippen molar-refractivity contribution in [2.45, 2.75) is 10.9 Å². The van der Waals surface area contributed by atoms with Gasteiger partial charge in [0.05, 0.1) is 0 Å². The number of halogens is 1. The van der Waals surface area contributed by atoms with Crippen molar-refractivity contribution in [2.24, 2.45) is 0 Å². The maximum atomic E-state index is 9.91. The van der Waals surface area contributed by atoms with Crippen molar-refractivity contribution in [1.29, 1.82) is 0 Å². The second-order valence-electron chi connectivity index (χ2n) is 1.43. The Balaban J connectivity index is 3.91. The quantitative estimate of drug-likeness (QED) is 0.279. The van der Waals surface area contributed by atoms with Crippen LogP contribution < -0.4 is 0 Å². The molecule has 0 bridgehead atoms. The van der Waals surface area contributed by atoms with Crippen molar-refractivity contribution in [3.8, 4) is 0 Å². The molecule has 0 saturated heterocycles. The van der Waals surface area contributed by atoms with Gasteiger partial charge >= 0.3 is 0 Å². The van der Waals surface area contributed by atoms with Gasteiger partial charge in [-0.15, -0.1) is 0 Å². The number of rotatable bonds is 2. The molecule has 0 rings (SSSR count). The third kappa shape index (κ3) is 1.78. The average molecular weight is 180 g/mol. The first-order valence-electron chi connectivity index (χ1n) is 1.98. The molecule has 0 aliphatic carbocycles. The van der Waals surface area contributed by atoms with E-state index in [-0.39, 0.29) is 6.42 Å². The molecule has 46 valence electrons. The maximum Gasteiger partial charge on any atom is 0.274 e. The fourth-order valence-corrected chi connectivity index (χ4v) is 0.0913. The Morgan fingerprint density at radius 2 is 2.25 bits per heavy atom. The highest BCUT2D eigenvalue weighted by Gasteiger charge is 2.30. The van der Waals surface area contributed by atoms with Gasteiger partial charge in [0, 0.05) is 34.2 Å². The number of alkyl halides is 1. The number of nitrogens with zero attached hydrogens (tertiary/aromatic N) is 1. The summed E-state index contributed by atoms with van der Waals surface area (Å²) < 4.78 is -1.28. The third-order valence-corrected chi connectivity index (χ3v) is 1.40. The summed E-state index contributed by atoms with van der Waals surface area (Å²) in [7, 11) is 0. The van der Waals surface area contributed by atoms with Crippen LogP contribution in [0.15, 0.2) is 0 Å². The van der Waals surface area contributed by atoms with Crippen molar-refractivity contribution >= 4 is 15.9 Å². The minimum absolute atomic E-state index is 0.139. The molecular weight excluding hydrogens is 174 g/mol. The van der Waals surface area contributed by atoms with Gasteiger partial charge in [-0.3, -0.25) is 10.1 Å². The largest absolute Gasteiger partial charge is 0.274 e. The van der Waals surface area contributed by atoms with Crippen LogP contribution in [0.4, 0.5) is 0 Å². The standard InChI is InChI=1S/C4H6BrNO2/c1-3-4(2,5)6(7)8/h1-3H2. The fraction of sp³-hybridized carbons (Fsp3) is 0.500. The first kappa shape index (κ1) is 7.88. The van der Waals surface area contributed by atoms with Crippen molar-refractivity contribution in [3.63, 3.8) is 0 Å². The second-order valence-corrected chi connectivity index (χ2v) is 2.90. The Bertz CT molecular complexity index is 102. The Morgan fingerprint density at radius 3 is 2.25 bits per heavy atom. The zero-order chi connectivity index (χ0) is 6.78. The molecular formula is C4H6BrNO2. The van der Waals surface area contributed by atoms with E-state index >= 15 is 0 Å². The molecule has 0 spiro atoms. The number of hydrogen-bond acceptors (Lipinski definition) is 2. The van der Waals surface area contributed by atoms with Crippen LogP contribution in [-0.2, 0) is 0 Å². The summed E-state index contributed by atoms with van der Waals surface area (Å²) in [4.78, 5) is 9.39. The van der Waals surface area contributed by atoms with E-state index < -0.39 is 9.37 Å². The van der Waals surface area contributed by atoms with E-state index in [9.17, 15) is 10.1 Å². The van der Waals surface area contributed by atoms with Gasteiger partial charge in [0.15, 0.2) is 0 Å². The van der Waals surface area contributed by atoms with Crippen molar-refractivity contribution in [2.75, 3.05) is 0 Å². The molecule has 0 aliphatic heterocycles. The molecule has 2 radical (unpaired) electrons. The van der Waals surface area contributed by atoms with E-state index in [0.717, 1.165) is 0 Å². The molecule has 0 aliphatic rings. The van der Waals surface area contributed by atoms with E-state index in [1.54, 1.807) is 0 Å². The highest BCUT2D eigenvalue weighted by Crippen LogP contribution is 2.19. The van der Waals surface area contributed by atoms with Crippen LogP contribution in [-0.4, -0.2) is 9.37 Å². The highest BCUT2D eigenvalue weighted by atomic mass is 79.9. The zero-order valence-corrected chi connectivity index (χ0v) is 5.85. The first-order valence-corrected chi connectivity index (χ1v) is 2.78. The zero-order valence-electron chi connectivity index (χ0n) is 4.26. The predicted molar refractivity (Wildman–Crippen MR) is 34.0 cm³/mol. The minimum Gasteiger partial charge on any atom is -0.263 e. The Morgan fingerprint density at radius 1 is 1.88 bits per heavy atom. The lowest BCUT2D eigenvalue weighted by Gasteiger charge is -2.08. The van der Waals surface area contributed by atoms with Crippen LogP contribution in [0.1, 0.15) is 6.42 Å². The molecule has 1 unspecified atom stereocenters. The van der Waals surface area contributed by atoms with E-state index in [2.05, 4.69) is 29.8 Å². The average Bonchev–Trinajstić information content (AvgIpc) is 1.67. The van der Waals surface area contributed by atoms with Crippen molar-refractivity contribution < 1.29 is 4.92 Å². The van der Waals surface area contributed by atoms with Gasteiger partial charge in [-0.05, 0) is 6.92 Å². The lowest BCUT2D eigenvalue weighted by atomic mass is 10.3. The van der Waals surface area contributed by atoms with Crippen LogP contribution in [0, 0.1) is 24.0 Å². The van der Waals surface area contributed by atoms with E-state index in [1.165, 1.54) is 0 Å². The summed E-state index contributed by atoms with van der Waals surface area (Å²) in [6.45, 7) is 6.57. The molecule has 0 aromatic carbocycles. The fourth-order valence-electron chi connectivity index (χ4n) is 0.0913. The molecule has 8 heavy (non-hydrogen) atoms. The van der Waals surface area contributed by atoms with Crippen LogP contribution in [0.5, 0.6) is 0 Å². The SMILES string of the molecule is [CH2]CC([CH2])(Br)[N+](=O)[O-]. The maximum absolute atomic E-state index is 9.91. The predicted octanol–water partition coefficient (Wildman–Crippen LogP) is 1.41. The summed E-state index contributed by atoms with van der Waals surface area (Å²) in [5.41, 5.74) is 0. The van der Waals surface area contributed by atoms with Gasteiger partial charge in [-0.2, -0.15) is 0 Å². The lowest BCUT2D eigenvalue weighted by molar-refractivity contribution is -0.522. The van der Waals surface area contributed by atoms with Gasteiger partial charge in [-0.25, -0.2) is 0 Å². The third-order valence-electron chi connectivity index (χ3n) is 0.710. The van der Waals surface area contributed by atoms with Crippen LogP contribution in [0.2, 0.25) is 0 Å². The summed E-state index contributed by atoms with van der Waals surface area (Å²) in [6.07, 6.45) is 0.139. The summed E-state index contributed by atoms with van der Waals surface area (Å²) in [5, 5.41) is 9.91. The molecule has 0 heterocycles. The Hall–Kier alpha value is -0.120. The summed E-state index contributed by atoms with van der Waals surface area (Å²) in [5.74, 6) is 0. The molecule has 0 amide bonds. The molecule has 0 fully saturated rings. The summed E-state index contributed by atoms with van der Waals surface area (Å²) in [6, 6.07) is 0. The second kappa shape index (κ2) is 2.44. The smallest absolute Gasteiger partial charge is 0.263 e. The number of nitro groups is 1. The molecule has 0 saturated carbocycles. The van der Waals surface area contributed by atoms with Crippen molar-refractivity contribution in [1.82, 2.24) is 0 Å². The van der Waals surface area contributed by atoms with Gasteiger partial charge in [0.1, 0.15) is 0 Å². The van der Waals surface area contributed by atoms with Crippen LogP contribution >= 0.6 is 15.9 Å². The molecule has 1 atom stereocenters. The molecule has 3 nitrogen and oxygen atoms in total. The van der Waals surface area contributed by atoms with Gasteiger partial charge in [-0.1, -0.05) is 0 Å². The molecule has 0 aromatic rings. The normalized spacial score (nSPS) is 17.4. The Labute approximate surface area is 56.4 Å². The highest BCUT2D eigenvalue weighted by molar-refractivity contribution is 9.10. The molecule has 0 aromatic heterocycles. The van der Waals surface area contributed by atoms with E-state index in [4.69, 9.17) is 0 Å². The van der Waals surface area contributed by atoms with Crippen LogP contribution in [0.3, 0.4) is 0 Å². The van der Waals surface area contributed by atoms with Crippen LogP contribution in [0.25, 0.3) is 0 Å². The summed E-state index contributed by atoms with van der Waals surface area (Å²) >= 11 is 2.77. The first-order chi connectivity index (χ1) is 3.50. The van der Waals surface area contributed by atoms with Gasteiger partial charge < -0.3 is 0 Å². The van der Waals surface area contributed by atoms with E-state index in [0.29, 0.717) is 0 Å².